The van der Waals surface area contributed by atoms with Gasteiger partial charge < -0.3 is 18.7 Å². The van der Waals surface area contributed by atoms with E-state index in [9.17, 15) is 9.59 Å². The number of carboxylic acids is 1. The van der Waals surface area contributed by atoms with Crippen LogP contribution in [0.15, 0.2) is 79.1 Å². The van der Waals surface area contributed by atoms with Gasteiger partial charge in [-0.05, 0) is 43.3 Å². The molecule has 0 radical (unpaired) electrons. The van der Waals surface area contributed by atoms with E-state index in [0.29, 0.717) is 11.2 Å². The highest BCUT2D eigenvalue weighted by Crippen LogP contribution is 2.11. The Balaban J connectivity index is 0.000000481. The van der Waals surface area contributed by atoms with Crippen LogP contribution >= 0.6 is 0 Å². The molecule has 2 aromatic carbocycles. The molecule has 136 valence electrons. The van der Waals surface area contributed by atoms with Crippen LogP contribution in [0, 0.1) is 7.14 Å². The van der Waals surface area contributed by atoms with E-state index in [1.165, 1.54) is 12.1 Å². The summed E-state index contributed by atoms with van der Waals surface area (Å²) >= 11 is -0.465. The molecule has 6 nitrogen and oxygen atoms in total. The summed E-state index contributed by atoms with van der Waals surface area (Å²) in [5.41, 5.74) is 0.504. The summed E-state index contributed by atoms with van der Waals surface area (Å²) in [5.74, 6) is -1.08. The molecule has 0 saturated carbocycles. The van der Waals surface area contributed by atoms with Crippen LogP contribution in [-0.4, -0.2) is 5.97 Å². The molecule has 0 fully saturated rings. The van der Waals surface area contributed by atoms with Gasteiger partial charge in [0.25, 0.3) is 0 Å². The summed E-state index contributed by atoms with van der Waals surface area (Å²) in [4.78, 5) is 31.6. The molecule has 7 heteroatoms. The molecule has 0 aliphatic rings. The molecule has 2 heterocycles. The second-order valence-electron chi connectivity index (χ2n) is 5.46. The normalized spacial score (nSPS) is 10.4. The van der Waals surface area contributed by atoms with Crippen LogP contribution in [0.1, 0.15) is 6.92 Å². The van der Waals surface area contributed by atoms with Gasteiger partial charge in [0, 0.05) is 41.0 Å². The number of rotatable bonds is 2. The molecule has 0 aliphatic carbocycles. The molecule has 0 N–H and O–H groups in total. The summed E-state index contributed by atoms with van der Waals surface area (Å²) < 4.78 is 12.7. The number of fused-ring (bicyclic) bond motifs is 2. The molecule has 4 rings (SSSR count). The highest BCUT2D eigenvalue weighted by atomic mass is 127. The Morgan fingerprint density at radius 1 is 0.778 bits per heavy atom. The lowest BCUT2D eigenvalue weighted by molar-refractivity contribution is -0.597. The van der Waals surface area contributed by atoms with Crippen molar-refractivity contribution in [1.29, 1.82) is 0 Å². The molecule has 27 heavy (non-hydrogen) atoms. The summed E-state index contributed by atoms with van der Waals surface area (Å²) in [6.45, 7) is 0.972. The summed E-state index contributed by atoms with van der Waals surface area (Å²) in [7, 11) is 0. The van der Waals surface area contributed by atoms with Gasteiger partial charge in [0.2, 0.25) is 0 Å². The molecule has 4 aromatic rings. The molecule has 2 aromatic heterocycles. The van der Waals surface area contributed by atoms with Crippen LogP contribution in [-0.2, 0) is 4.79 Å². The largest absolute Gasteiger partial charge is 0.550 e. The van der Waals surface area contributed by atoms with Gasteiger partial charge in [0.15, 0.2) is 7.14 Å². The molecule has 0 saturated heterocycles. The smallest absolute Gasteiger partial charge is 0.358 e. The maximum atomic E-state index is 11.3. The molecule has 0 spiro atoms. The van der Waals surface area contributed by atoms with Crippen LogP contribution in [0.2, 0.25) is 0 Å². The molecule has 0 atom stereocenters. The van der Waals surface area contributed by atoms with E-state index in [2.05, 4.69) is 0 Å². The first-order valence-electron chi connectivity index (χ1n) is 7.81. The number of carbonyl (C=O) groups excluding carboxylic acids is 1. The lowest BCUT2D eigenvalue weighted by Gasteiger charge is -1.95. The van der Waals surface area contributed by atoms with Gasteiger partial charge in [-0.15, -0.1) is 0 Å². The topological polar surface area (TPSA) is 101 Å². The Bertz CT molecular complexity index is 1140. The monoisotopic (exact) mass is 476 g/mol. The van der Waals surface area contributed by atoms with Gasteiger partial charge in [0.05, 0.1) is 0 Å². The van der Waals surface area contributed by atoms with Crippen molar-refractivity contribution >= 4 is 27.9 Å². The zero-order valence-corrected chi connectivity index (χ0v) is 16.3. The third-order valence-corrected chi connectivity index (χ3v) is 5.98. The first kappa shape index (κ1) is 18.8. The molecular weight excluding hydrogens is 463 g/mol. The lowest BCUT2D eigenvalue weighted by Crippen LogP contribution is -3.61. The minimum Gasteiger partial charge on any atom is -0.550 e. The maximum absolute atomic E-state index is 11.3. The number of halogens is 1. The van der Waals surface area contributed by atoms with Crippen molar-refractivity contribution in [3.8, 4) is 0 Å². The van der Waals surface area contributed by atoms with Crippen LogP contribution in [0.25, 0.3) is 21.9 Å². The van der Waals surface area contributed by atoms with Crippen LogP contribution < -0.4 is 37.6 Å². The van der Waals surface area contributed by atoms with E-state index in [4.69, 9.17) is 18.7 Å². The van der Waals surface area contributed by atoms with Crippen LogP contribution in [0.4, 0.5) is 0 Å². The van der Waals surface area contributed by atoms with Crippen molar-refractivity contribution in [2.45, 2.75) is 6.92 Å². The van der Waals surface area contributed by atoms with Crippen molar-refractivity contribution in [3.63, 3.8) is 0 Å². The molecule has 0 amide bonds. The minimum absolute atomic E-state index is 0.347. The number of benzene rings is 2. The minimum atomic E-state index is -1.08. The first-order valence-corrected chi connectivity index (χ1v) is 9.97. The van der Waals surface area contributed by atoms with Gasteiger partial charge >= 0.3 is 32.5 Å². The Labute approximate surface area is 163 Å². The third kappa shape index (κ3) is 5.04. The van der Waals surface area contributed by atoms with E-state index >= 15 is 0 Å². The van der Waals surface area contributed by atoms with Gasteiger partial charge in [-0.2, -0.15) is 0 Å². The molecular formula is C20H13IO6. The standard InChI is InChI=1S/C18H10IO4.C2H4O2/c20-17-7-3-11-1-5-13(9-15(11)22-17)19-14-6-2-12-4-8-18(21)23-16(12)10-14;1-2(3)4/h1-10H;1H3,(H,3,4)/q+1;/p-1. The second kappa shape index (κ2) is 8.17. The van der Waals surface area contributed by atoms with Crippen molar-refractivity contribution in [3.05, 3.63) is 88.6 Å². The van der Waals surface area contributed by atoms with Crippen molar-refractivity contribution in [2.75, 3.05) is 0 Å². The molecule has 0 unspecified atom stereocenters. The highest BCUT2D eigenvalue weighted by molar-refractivity contribution is 5.76. The van der Waals surface area contributed by atoms with E-state index in [-0.39, 0.29) is 11.3 Å². The second-order valence-corrected chi connectivity index (χ2v) is 8.49. The third-order valence-electron chi connectivity index (χ3n) is 3.39. The fraction of sp³-hybridized carbons (Fsp3) is 0.0500. The fourth-order valence-corrected chi connectivity index (χ4v) is 4.63. The Morgan fingerprint density at radius 2 is 1.15 bits per heavy atom. The quantitative estimate of drug-likeness (QED) is 0.266. The van der Waals surface area contributed by atoms with Crippen molar-refractivity contribution in [1.82, 2.24) is 0 Å². The first-order chi connectivity index (χ1) is 12.9. The van der Waals surface area contributed by atoms with E-state index in [1.807, 2.05) is 36.4 Å². The van der Waals surface area contributed by atoms with Crippen molar-refractivity contribution in [2.24, 2.45) is 0 Å². The summed E-state index contributed by atoms with van der Waals surface area (Å²) in [6, 6.07) is 18.2. The average molecular weight is 476 g/mol. The number of carbonyl (C=O) groups is 1. The predicted octanol–water partition coefficient (Wildman–Crippen LogP) is -1.22. The highest BCUT2D eigenvalue weighted by Gasteiger charge is 2.17. The number of aliphatic carboxylic acids is 1. The van der Waals surface area contributed by atoms with Gasteiger partial charge in [-0.25, -0.2) is 9.59 Å². The van der Waals surface area contributed by atoms with E-state index in [1.54, 1.807) is 12.1 Å². The molecule has 0 aliphatic heterocycles. The lowest BCUT2D eigenvalue weighted by atomic mass is 10.2. The maximum Gasteiger partial charge on any atom is 0.358 e. The predicted molar refractivity (Wildman–Crippen MR) is 93.0 cm³/mol. The Kier molecular flexibility index (Phi) is 5.70. The van der Waals surface area contributed by atoms with Gasteiger partial charge in [0.1, 0.15) is 11.2 Å². The van der Waals surface area contributed by atoms with Crippen LogP contribution in [0.3, 0.4) is 0 Å². The zero-order chi connectivity index (χ0) is 19.4. The van der Waals surface area contributed by atoms with Gasteiger partial charge in [-0.1, -0.05) is 0 Å². The fourth-order valence-electron chi connectivity index (χ4n) is 2.31. The average Bonchev–Trinajstić information content (AvgIpc) is 2.60. The Morgan fingerprint density at radius 3 is 1.56 bits per heavy atom. The SMILES string of the molecule is CC(=O)[O-].O=c1ccc2ccc([I+]c3ccc4ccc(=O)oc4c3)cc2o1. The number of hydrogen-bond acceptors (Lipinski definition) is 6. The van der Waals surface area contributed by atoms with Gasteiger partial charge in [-0.3, -0.25) is 0 Å². The number of hydrogen-bond donors (Lipinski definition) is 0. The number of carboxylic acid groups (broad SMARTS) is 1. The van der Waals surface area contributed by atoms with E-state index < -0.39 is 27.2 Å². The van der Waals surface area contributed by atoms with E-state index in [0.717, 1.165) is 24.8 Å². The van der Waals surface area contributed by atoms with Crippen molar-refractivity contribution < 1.29 is 39.9 Å². The Hall–Kier alpha value is -2.94. The van der Waals surface area contributed by atoms with Crippen LogP contribution in [0.5, 0.6) is 0 Å². The summed E-state index contributed by atoms with van der Waals surface area (Å²) in [5, 5.41) is 10.7. The zero-order valence-electron chi connectivity index (χ0n) is 14.1. The summed E-state index contributed by atoms with van der Waals surface area (Å²) in [6.07, 6.45) is 0. The molecule has 0 bridgehead atoms.